The molecule has 1 fully saturated rings. The second-order valence-electron chi connectivity index (χ2n) is 8.73. The summed E-state index contributed by atoms with van der Waals surface area (Å²) in [4.78, 5) is 17.4. The Morgan fingerprint density at radius 1 is 1.12 bits per heavy atom. The topological polar surface area (TPSA) is 88.2 Å². The van der Waals surface area contributed by atoms with Gasteiger partial charge in [-0.1, -0.05) is 24.3 Å². The predicted molar refractivity (Wildman–Crippen MR) is 131 cm³/mol. The van der Waals surface area contributed by atoms with Crippen LogP contribution in [0.4, 0.5) is 4.39 Å². The van der Waals surface area contributed by atoms with Gasteiger partial charge in [0.15, 0.2) is 0 Å². The molecule has 9 heteroatoms. The maximum absolute atomic E-state index is 13.1. The van der Waals surface area contributed by atoms with Gasteiger partial charge in [0, 0.05) is 22.9 Å². The number of aryl methyl sites for hydroxylation is 1. The normalized spacial score (nSPS) is 19.5. The monoisotopic (exact) mass is 501 g/mol. The minimum atomic E-state index is -3.69. The standard InChI is InChI=1S/C25H28FN3O3S2/c1-16(18-6-10-21(26)11-7-18)27-25(30)19-8-12-22(13-9-19)29-34(31,32)23-5-3-4-20(14-23)24-15-33-17(2)28-24/h3-7,10-11,14-16,19,22,29H,8-9,12-13H2,1-2H3,(H,27,30)/t16-,19-,22-/m1/s1. The molecular formula is C25H28FN3O3S2. The van der Waals surface area contributed by atoms with Gasteiger partial charge in [0.1, 0.15) is 5.82 Å². The van der Waals surface area contributed by atoms with Crippen molar-refractivity contribution in [3.63, 3.8) is 0 Å². The molecule has 3 aromatic rings. The molecule has 0 saturated heterocycles. The first-order valence-corrected chi connectivity index (χ1v) is 13.7. The number of thiazole rings is 1. The summed E-state index contributed by atoms with van der Waals surface area (Å²) in [6, 6.07) is 12.4. The highest BCUT2D eigenvalue weighted by Crippen LogP contribution is 2.28. The summed E-state index contributed by atoms with van der Waals surface area (Å²) in [5, 5.41) is 5.83. The van der Waals surface area contributed by atoms with Crippen molar-refractivity contribution >= 4 is 27.3 Å². The quantitative estimate of drug-likeness (QED) is 0.478. The molecule has 4 rings (SSSR count). The predicted octanol–water partition coefficient (Wildman–Crippen LogP) is 4.97. The number of hydrogen-bond acceptors (Lipinski definition) is 5. The first kappa shape index (κ1) is 24.5. The molecule has 1 heterocycles. The fraction of sp³-hybridized carbons (Fsp3) is 0.360. The summed E-state index contributed by atoms with van der Waals surface area (Å²) in [5.41, 5.74) is 2.37. The third-order valence-corrected chi connectivity index (χ3v) is 8.50. The second-order valence-corrected chi connectivity index (χ2v) is 11.5. The van der Waals surface area contributed by atoms with Gasteiger partial charge < -0.3 is 5.32 Å². The highest BCUT2D eigenvalue weighted by molar-refractivity contribution is 7.89. The largest absolute Gasteiger partial charge is 0.349 e. The Morgan fingerprint density at radius 3 is 2.47 bits per heavy atom. The molecule has 1 aliphatic rings. The number of amides is 1. The van der Waals surface area contributed by atoms with E-state index in [-0.39, 0.29) is 34.6 Å². The molecule has 1 aromatic heterocycles. The minimum absolute atomic E-state index is 0.0515. The molecular weight excluding hydrogens is 473 g/mol. The molecule has 0 spiro atoms. The number of halogens is 1. The SMILES string of the molecule is Cc1nc(-c2cccc(S(=O)(=O)N[C@H]3CC[C@H](C(=O)N[C@H](C)c4ccc(F)cc4)CC3)c2)cs1. The average molecular weight is 502 g/mol. The lowest BCUT2D eigenvalue weighted by Crippen LogP contribution is -2.41. The van der Waals surface area contributed by atoms with Gasteiger partial charge in [-0.25, -0.2) is 22.5 Å². The van der Waals surface area contributed by atoms with E-state index in [0.717, 1.165) is 21.8 Å². The maximum atomic E-state index is 13.1. The van der Waals surface area contributed by atoms with Gasteiger partial charge in [-0.05, 0) is 69.4 Å². The zero-order valence-electron chi connectivity index (χ0n) is 19.1. The van der Waals surface area contributed by atoms with Crippen molar-refractivity contribution in [2.24, 2.45) is 5.92 Å². The number of rotatable bonds is 7. The fourth-order valence-electron chi connectivity index (χ4n) is 4.25. The van der Waals surface area contributed by atoms with Crippen LogP contribution in [-0.2, 0) is 14.8 Å². The van der Waals surface area contributed by atoms with Crippen LogP contribution in [0.2, 0.25) is 0 Å². The van der Waals surface area contributed by atoms with E-state index >= 15 is 0 Å². The van der Waals surface area contributed by atoms with Gasteiger partial charge in [0.2, 0.25) is 15.9 Å². The number of nitrogens with one attached hydrogen (secondary N) is 2. The third-order valence-electron chi connectivity index (χ3n) is 6.21. The zero-order chi connectivity index (χ0) is 24.3. The molecule has 0 bridgehead atoms. The number of sulfonamides is 1. The van der Waals surface area contributed by atoms with Gasteiger partial charge in [0.25, 0.3) is 0 Å². The number of aromatic nitrogens is 1. The van der Waals surface area contributed by atoms with Crippen LogP contribution < -0.4 is 10.0 Å². The summed E-state index contributed by atoms with van der Waals surface area (Å²) >= 11 is 1.52. The Kier molecular flexibility index (Phi) is 7.45. The van der Waals surface area contributed by atoms with E-state index in [2.05, 4.69) is 15.0 Å². The first-order chi connectivity index (χ1) is 16.2. The van der Waals surface area contributed by atoms with Crippen molar-refractivity contribution in [2.75, 3.05) is 0 Å². The molecule has 180 valence electrons. The van der Waals surface area contributed by atoms with E-state index in [9.17, 15) is 17.6 Å². The van der Waals surface area contributed by atoms with E-state index in [4.69, 9.17) is 0 Å². The zero-order valence-corrected chi connectivity index (χ0v) is 20.8. The van der Waals surface area contributed by atoms with Crippen molar-refractivity contribution in [1.29, 1.82) is 0 Å². The van der Waals surface area contributed by atoms with Gasteiger partial charge in [-0.2, -0.15) is 0 Å². The van der Waals surface area contributed by atoms with E-state index in [0.29, 0.717) is 25.7 Å². The number of benzene rings is 2. The average Bonchev–Trinajstić information content (AvgIpc) is 3.26. The number of carbonyl (C=O) groups excluding carboxylic acids is 1. The maximum Gasteiger partial charge on any atom is 0.240 e. The first-order valence-electron chi connectivity index (χ1n) is 11.3. The van der Waals surface area contributed by atoms with Crippen molar-refractivity contribution in [2.45, 2.75) is 56.5 Å². The highest BCUT2D eigenvalue weighted by atomic mass is 32.2. The molecule has 0 aliphatic heterocycles. The van der Waals surface area contributed by atoms with Gasteiger partial charge in [-0.15, -0.1) is 11.3 Å². The van der Waals surface area contributed by atoms with E-state index in [1.54, 1.807) is 30.3 Å². The van der Waals surface area contributed by atoms with Gasteiger partial charge in [-0.3, -0.25) is 4.79 Å². The molecule has 1 saturated carbocycles. The minimum Gasteiger partial charge on any atom is -0.349 e. The molecule has 2 aromatic carbocycles. The fourth-order valence-corrected chi connectivity index (χ4v) is 6.22. The van der Waals surface area contributed by atoms with Crippen LogP contribution >= 0.6 is 11.3 Å². The van der Waals surface area contributed by atoms with Crippen LogP contribution in [0.1, 0.15) is 49.2 Å². The van der Waals surface area contributed by atoms with Crippen LogP contribution in [0.3, 0.4) is 0 Å². The number of carbonyl (C=O) groups is 1. The van der Waals surface area contributed by atoms with Crippen LogP contribution in [0.15, 0.2) is 58.8 Å². The Hall–Kier alpha value is -2.62. The van der Waals surface area contributed by atoms with Crippen molar-refractivity contribution < 1.29 is 17.6 Å². The number of hydrogen-bond donors (Lipinski definition) is 2. The molecule has 1 aliphatic carbocycles. The van der Waals surface area contributed by atoms with E-state index in [1.165, 1.54) is 23.5 Å². The van der Waals surface area contributed by atoms with E-state index < -0.39 is 10.0 Å². The van der Waals surface area contributed by atoms with Crippen LogP contribution in [-0.4, -0.2) is 25.4 Å². The molecule has 34 heavy (non-hydrogen) atoms. The lowest BCUT2D eigenvalue weighted by Gasteiger charge is -2.29. The molecule has 0 unspecified atom stereocenters. The lowest BCUT2D eigenvalue weighted by atomic mass is 9.85. The van der Waals surface area contributed by atoms with Crippen LogP contribution in [0.5, 0.6) is 0 Å². The molecule has 0 radical (unpaired) electrons. The number of nitrogens with zero attached hydrogens (tertiary/aromatic N) is 1. The summed E-state index contributed by atoms with van der Waals surface area (Å²) in [5.74, 6) is -0.530. The van der Waals surface area contributed by atoms with Crippen LogP contribution in [0.25, 0.3) is 11.3 Å². The van der Waals surface area contributed by atoms with Gasteiger partial charge in [0.05, 0.1) is 21.6 Å². The van der Waals surface area contributed by atoms with E-state index in [1.807, 2.05) is 25.3 Å². The molecule has 2 N–H and O–H groups in total. The van der Waals surface area contributed by atoms with Gasteiger partial charge >= 0.3 is 0 Å². The van der Waals surface area contributed by atoms with Crippen molar-refractivity contribution in [3.8, 4) is 11.3 Å². The van der Waals surface area contributed by atoms with Crippen molar-refractivity contribution in [1.82, 2.24) is 15.0 Å². The summed E-state index contributed by atoms with van der Waals surface area (Å²) in [6.07, 6.45) is 2.39. The Morgan fingerprint density at radius 2 is 1.82 bits per heavy atom. The Labute approximate surface area is 203 Å². The Balaban J connectivity index is 1.32. The highest BCUT2D eigenvalue weighted by Gasteiger charge is 2.30. The van der Waals surface area contributed by atoms with Crippen molar-refractivity contribution in [3.05, 3.63) is 70.3 Å². The lowest BCUT2D eigenvalue weighted by molar-refractivity contribution is -0.126. The molecule has 1 atom stereocenters. The summed E-state index contributed by atoms with van der Waals surface area (Å²) in [6.45, 7) is 3.78. The second kappa shape index (κ2) is 10.3. The third kappa shape index (κ3) is 5.89. The summed E-state index contributed by atoms with van der Waals surface area (Å²) < 4.78 is 41.9. The Bertz CT molecular complexity index is 1250. The smallest absolute Gasteiger partial charge is 0.240 e. The summed E-state index contributed by atoms with van der Waals surface area (Å²) in [7, 11) is -3.69. The molecule has 6 nitrogen and oxygen atoms in total. The molecule has 1 amide bonds. The van der Waals surface area contributed by atoms with Crippen LogP contribution in [0, 0.1) is 18.7 Å².